The number of aliphatic hydroxyl groups excluding tert-OH is 8. The highest BCUT2D eigenvalue weighted by Gasteiger charge is 2.51. The van der Waals surface area contributed by atoms with E-state index in [0.29, 0.717) is 6.42 Å². The van der Waals surface area contributed by atoms with E-state index in [0.717, 1.165) is 38.5 Å². The first-order valence-corrected chi connectivity index (χ1v) is 26.4. The minimum atomic E-state index is -1.78. The molecule has 14 heteroatoms. The summed E-state index contributed by atoms with van der Waals surface area (Å²) >= 11 is 0. The van der Waals surface area contributed by atoms with Crippen molar-refractivity contribution >= 4 is 5.91 Å². The molecule has 2 aliphatic heterocycles. The van der Waals surface area contributed by atoms with Gasteiger partial charge in [0.05, 0.1) is 32.0 Å². The molecule has 0 aromatic carbocycles. The molecule has 2 rings (SSSR count). The van der Waals surface area contributed by atoms with Crippen LogP contribution in [0, 0.1) is 0 Å². The number of amides is 1. The molecule has 2 heterocycles. The van der Waals surface area contributed by atoms with Crippen LogP contribution < -0.4 is 5.32 Å². The fourth-order valence-corrected chi connectivity index (χ4v) is 8.88. The van der Waals surface area contributed by atoms with Crippen molar-refractivity contribution in [3.63, 3.8) is 0 Å². The highest BCUT2D eigenvalue weighted by molar-refractivity contribution is 5.76. The zero-order valence-corrected chi connectivity index (χ0v) is 40.7. The zero-order valence-electron chi connectivity index (χ0n) is 40.7. The Kier molecular flexibility index (Phi) is 35.5. The Morgan fingerprint density at radius 2 is 0.954 bits per heavy atom. The molecule has 0 saturated carbocycles. The molecule has 4 unspecified atom stereocenters. The molecule has 12 atom stereocenters. The molecular formula is C51H97NO13. The van der Waals surface area contributed by atoms with Gasteiger partial charge in [-0.15, -0.1) is 0 Å². The molecule has 0 aromatic rings. The Bertz CT molecular complexity index is 1150. The maximum atomic E-state index is 13.2. The van der Waals surface area contributed by atoms with Gasteiger partial charge in [-0.05, 0) is 19.3 Å². The topological polar surface area (TPSA) is 228 Å². The van der Waals surface area contributed by atoms with Crippen LogP contribution >= 0.6 is 0 Å². The normalized spacial score (nSPS) is 27.0. The van der Waals surface area contributed by atoms with Gasteiger partial charge >= 0.3 is 0 Å². The second-order valence-electron chi connectivity index (χ2n) is 19.0. The predicted octanol–water partition coefficient (Wildman–Crippen LogP) is 7.16. The Labute approximate surface area is 393 Å². The summed E-state index contributed by atoms with van der Waals surface area (Å²) in [6.45, 7) is 2.80. The first kappa shape index (κ1) is 59.9. The molecule has 0 spiro atoms. The molecule has 1 amide bonds. The Hall–Kier alpha value is -1.27. The summed E-state index contributed by atoms with van der Waals surface area (Å²) in [6.07, 6.45) is 23.9. The summed E-state index contributed by atoms with van der Waals surface area (Å²) in [5.74, 6) is -0.237. The Morgan fingerprint density at radius 3 is 1.42 bits per heavy atom. The first-order chi connectivity index (χ1) is 31.6. The number of hydrogen-bond acceptors (Lipinski definition) is 13. The molecule has 14 nitrogen and oxygen atoms in total. The summed E-state index contributed by atoms with van der Waals surface area (Å²) in [6, 6.07) is -0.907. The van der Waals surface area contributed by atoms with Crippen molar-refractivity contribution in [2.75, 3.05) is 19.8 Å². The van der Waals surface area contributed by atoms with Crippen LogP contribution in [0.15, 0.2) is 12.2 Å². The molecule has 0 bridgehead atoms. The maximum Gasteiger partial charge on any atom is 0.220 e. The number of carbonyl (C=O) groups excluding carboxylic acids is 1. The van der Waals surface area contributed by atoms with Crippen molar-refractivity contribution in [1.29, 1.82) is 0 Å². The van der Waals surface area contributed by atoms with Crippen molar-refractivity contribution in [2.45, 2.75) is 286 Å². The molecule has 2 saturated heterocycles. The van der Waals surface area contributed by atoms with Crippen LogP contribution in [-0.4, -0.2) is 140 Å². The molecule has 9 N–H and O–H groups in total. The van der Waals surface area contributed by atoms with E-state index in [4.69, 9.17) is 18.9 Å². The summed E-state index contributed by atoms with van der Waals surface area (Å²) in [4.78, 5) is 13.2. The largest absolute Gasteiger partial charge is 0.394 e. The first-order valence-electron chi connectivity index (χ1n) is 26.4. The lowest BCUT2D eigenvalue weighted by Crippen LogP contribution is -2.65. The number of ether oxygens (including phenoxy) is 4. The lowest BCUT2D eigenvalue weighted by molar-refractivity contribution is -0.359. The summed E-state index contributed by atoms with van der Waals surface area (Å²) in [5, 5.41) is 86.8. The van der Waals surface area contributed by atoms with E-state index in [1.165, 1.54) is 148 Å². The van der Waals surface area contributed by atoms with Crippen molar-refractivity contribution in [1.82, 2.24) is 5.32 Å². The third kappa shape index (κ3) is 25.8. The Morgan fingerprint density at radius 1 is 0.538 bits per heavy atom. The van der Waals surface area contributed by atoms with Crippen LogP contribution in [0.3, 0.4) is 0 Å². The second-order valence-corrected chi connectivity index (χ2v) is 19.0. The SMILES string of the molecule is CCCCCCCCCCCCCCC/C=C/[C@@H](O)[C@H](CO[C@@H]1O[C@H](CO)[C@@H](O[C@@H]2O[C@H](CO)[C@H](O)C(O)C2O)C(O)C1O)NC(=O)CCCCCCCCCCCCCCCCCC. The highest BCUT2D eigenvalue weighted by atomic mass is 16.7. The van der Waals surface area contributed by atoms with Crippen LogP contribution in [-0.2, 0) is 23.7 Å². The third-order valence-electron chi connectivity index (χ3n) is 13.2. The molecule has 0 aliphatic carbocycles. The maximum absolute atomic E-state index is 13.2. The fourth-order valence-electron chi connectivity index (χ4n) is 8.88. The Balaban J connectivity index is 1.84. The minimum Gasteiger partial charge on any atom is -0.394 e. The van der Waals surface area contributed by atoms with Gasteiger partial charge in [-0.2, -0.15) is 0 Å². The molecule has 0 radical (unpaired) electrons. The van der Waals surface area contributed by atoms with Crippen LogP contribution in [0.4, 0.5) is 0 Å². The number of aliphatic hydroxyl groups is 8. The highest BCUT2D eigenvalue weighted by Crippen LogP contribution is 2.30. The molecule has 2 aliphatic rings. The van der Waals surface area contributed by atoms with Gasteiger partial charge in [-0.3, -0.25) is 4.79 Å². The molecular weight excluding hydrogens is 835 g/mol. The average Bonchev–Trinajstić information content (AvgIpc) is 3.30. The van der Waals surface area contributed by atoms with Crippen molar-refractivity contribution < 1.29 is 64.6 Å². The summed E-state index contributed by atoms with van der Waals surface area (Å²) in [7, 11) is 0. The van der Waals surface area contributed by atoms with Crippen LogP contribution in [0.1, 0.15) is 213 Å². The van der Waals surface area contributed by atoms with Gasteiger partial charge in [0.25, 0.3) is 0 Å². The van der Waals surface area contributed by atoms with E-state index in [-0.39, 0.29) is 18.9 Å². The average molecular weight is 932 g/mol. The van der Waals surface area contributed by atoms with E-state index < -0.39 is 86.8 Å². The summed E-state index contributed by atoms with van der Waals surface area (Å²) < 4.78 is 22.7. The van der Waals surface area contributed by atoms with Gasteiger partial charge in [0, 0.05) is 6.42 Å². The number of allylic oxidation sites excluding steroid dienone is 1. The van der Waals surface area contributed by atoms with E-state index in [1.807, 2.05) is 6.08 Å². The van der Waals surface area contributed by atoms with E-state index in [2.05, 4.69) is 19.2 Å². The lowest BCUT2D eigenvalue weighted by Gasteiger charge is -2.46. The summed E-state index contributed by atoms with van der Waals surface area (Å²) in [5.41, 5.74) is 0. The van der Waals surface area contributed by atoms with Crippen LogP contribution in [0.25, 0.3) is 0 Å². The molecule has 65 heavy (non-hydrogen) atoms. The molecule has 384 valence electrons. The quantitative estimate of drug-likeness (QED) is 0.0219. The van der Waals surface area contributed by atoms with Crippen molar-refractivity contribution in [3.8, 4) is 0 Å². The second kappa shape index (κ2) is 38.6. The monoisotopic (exact) mass is 932 g/mol. The van der Waals surface area contributed by atoms with Gasteiger partial charge in [0.15, 0.2) is 12.6 Å². The van der Waals surface area contributed by atoms with Crippen LogP contribution in [0.5, 0.6) is 0 Å². The van der Waals surface area contributed by atoms with Gasteiger partial charge < -0.3 is 65.1 Å². The molecule has 0 aromatic heterocycles. The lowest BCUT2D eigenvalue weighted by atomic mass is 9.97. The van der Waals surface area contributed by atoms with E-state index in [1.54, 1.807) is 6.08 Å². The number of rotatable bonds is 41. The standard InChI is InChI=1S/C51H97NO13/c1-3-5-7-9-11-13-15-17-19-21-23-25-27-29-31-33-35-43(56)52-39(40(55)34-32-30-28-26-24-22-20-18-16-14-12-10-8-6-4-2)38-62-50-48(61)46(59)49(42(37-54)64-50)65-51-47(60)45(58)44(57)41(36-53)63-51/h32,34,39-42,44-51,53-55,57-61H,3-31,33,35-38H2,1-2H3,(H,52,56)/b34-32+/t39-,40+,41+,42+,44-,45?,46?,47?,48?,49+,50+,51-/m0/s1. The molecule has 2 fully saturated rings. The van der Waals surface area contributed by atoms with E-state index >= 15 is 0 Å². The van der Waals surface area contributed by atoms with Crippen LogP contribution in [0.2, 0.25) is 0 Å². The number of carbonyl (C=O) groups is 1. The number of hydrogen-bond donors (Lipinski definition) is 9. The fraction of sp³-hybridized carbons (Fsp3) is 0.941. The van der Waals surface area contributed by atoms with E-state index in [9.17, 15) is 45.6 Å². The third-order valence-corrected chi connectivity index (χ3v) is 13.2. The minimum absolute atomic E-state index is 0.237. The number of unbranched alkanes of at least 4 members (excludes halogenated alkanes) is 28. The van der Waals surface area contributed by atoms with Crippen molar-refractivity contribution in [3.05, 3.63) is 12.2 Å². The van der Waals surface area contributed by atoms with Gasteiger partial charge in [0.1, 0.15) is 48.8 Å². The van der Waals surface area contributed by atoms with Gasteiger partial charge in [-0.1, -0.05) is 199 Å². The number of nitrogens with one attached hydrogen (secondary N) is 1. The zero-order chi connectivity index (χ0) is 47.5. The van der Waals surface area contributed by atoms with Gasteiger partial charge in [0.2, 0.25) is 5.91 Å². The van der Waals surface area contributed by atoms with Crippen molar-refractivity contribution in [2.24, 2.45) is 0 Å². The predicted molar refractivity (Wildman–Crippen MR) is 254 cm³/mol. The smallest absolute Gasteiger partial charge is 0.220 e. The van der Waals surface area contributed by atoms with Gasteiger partial charge in [-0.25, -0.2) is 0 Å².